The third-order valence-electron chi connectivity index (χ3n) is 6.24. The zero-order valence-corrected chi connectivity index (χ0v) is 24.1. The highest BCUT2D eigenvalue weighted by molar-refractivity contribution is 7.57. The first kappa shape index (κ1) is 35.3. The van der Waals surface area contributed by atoms with Gasteiger partial charge in [0.05, 0.1) is 0 Å². The smallest absolute Gasteiger partial charge is 0.115 e. The number of para-hydroxylation sites is 1. The van der Waals surface area contributed by atoms with Crippen molar-refractivity contribution in [1.82, 2.24) is 0 Å². The Kier molecular flexibility index (Phi) is 33.3. The number of aromatic hydroxyl groups is 1. The summed E-state index contributed by atoms with van der Waals surface area (Å²) in [6, 6.07) is 8.71. The predicted molar refractivity (Wildman–Crippen MR) is 157 cm³/mol. The molecule has 200 valence electrons. The van der Waals surface area contributed by atoms with Gasteiger partial charge in [0.1, 0.15) is 12.5 Å². The Labute approximate surface area is 215 Å². The topological polar surface area (TPSA) is 37.3 Å². The van der Waals surface area contributed by atoms with Crippen LogP contribution in [0.1, 0.15) is 136 Å². The van der Waals surface area contributed by atoms with Crippen molar-refractivity contribution >= 4 is 14.7 Å². The van der Waals surface area contributed by atoms with Crippen LogP contribution in [0.3, 0.4) is 0 Å². The molecule has 1 aromatic carbocycles. The maximum Gasteiger partial charge on any atom is 0.115 e. The standard InChI is InChI=1S/C24H51P.C6H6O.CH2O/c1-4-7-10-13-16-19-22-25(23-20-17-14-11-8-5-2)24-21-18-15-12-9-6-3;7-6-4-2-1-3-5-6;1-2/h4-24H2,1-3H3;1-5,7H;1H2. The fourth-order valence-electron chi connectivity index (χ4n) is 4.11. The van der Waals surface area contributed by atoms with Gasteiger partial charge in [-0.2, -0.15) is 0 Å². The van der Waals surface area contributed by atoms with E-state index in [9.17, 15) is 0 Å². The summed E-state index contributed by atoms with van der Waals surface area (Å²) in [6.07, 6.45) is 31.2. The molecule has 0 aromatic heterocycles. The van der Waals surface area contributed by atoms with Crippen LogP contribution < -0.4 is 0 Å². The van der Waals surface area contributed by atoms with E-state index in [-0.39, 0.29) is 0 Å². The van der Waals surface area contributed by atoms with Crippen LogP contribution in [0.15, 0.2) is 30.3 Å². The van der Waals surface area contributed by atoms with Gasteiger partial charge in [0, 0.05) is 0 Å². The van der Waals surface area contributed by atoms with Gasteiger partial charge in [-0.1, -0.05) is 135 Å². The van der Waals surface area contributed by atoms with Gasteiger partial charge < -0.3 is 9.90 Å². The number of phenols is 1. The van der Waals surface area contributed by atoms with Crippen LogP contribution >= 0.6 is 7.92 Å². The molecular formula is C31H59O2P. The summed E-state index contributed by atoms with van der Waals surface area (Å²) in [5, 5.41) is 8.63. The van der Waals surface area contributed by atoms with Crippen molar-refractivity contribution in [2.45, 2.75) is 136 Å². The van der Waals surface area contributed by atoms with E-state index in [0.717, 1.165) is 0 Å². The molecule has 2 nitrogen and oxygen atoms in total. The number of carbonyl (C=O) groups excluding carboxylic acids is 1. The molecule has 0 aliphatic rings. The Morgan fingerprint density at radius 3 is 1.09 bits per heavy atom. The Bertz CT molecular complexity index is 428. The lowest BCUT2D eigenvalue weighted by atomic mass is 10.1. The Hall–Kier alpha value is -0.880. The first-order valence-corrected chi connectivity index (χ1v) is 16.4. The highest BCUT2D eigenvalue weighted by Crippen LogP contribution is 2.39. The van der Waals surface area contributed by atoms with Crippen LogP contribution in [0.25, 0.3) is 0 Å². The first-order chi connectivity index (χ1) is 16.7. The minimum atomic E-state index is 0.322. The SMILES string of the molecule is C=O.CCCCCCCCP(CCCCCCCC)CCCCCCCC.Oc1ccccc1. The lowest BCUT2D eigenvalue weighted by Crippen LogP contribution is -1.97. The van der Waals surface area contributed by atoms with Crippen molar-refractivity contribution in [3.8, 4) is 5.75 Å². The van der Waals surface area contributed by atoms with Crippen LogP contribution in [0.2, 0.25) is 0 Å². The maximum atomic E-state index is 8.63. The second kappa shape index (κ2) is 32.1. The van der Waals surface area contributed by atoms with Gasteiger partial charge in [-0.25, -0.2) is 0 Å². The highest BCUT2D eigenvalue weighted by atomic mass is 31.1. The summed E-state index contributed by atoms with van der Waals surface area (Å²) >= 11 is 0. The highest BCUT2D eigenvalue weighted by Gasteiger charge is 2.07. The van der Waals surface area contributed by atoms with Gasteiger partial charge in [0.2, 0.25) is 0 Å². The summed E-state index contributed by atoms with van der Waals surface area (Å²) in [5.74, 6) is 0.322. The molecule has 0 atom stereocenters. The zero-order valence-electron chi connectivity index (χ0n) is 23.2. The van der Waals surface area contributed by atoms with E-state index in [4.69, 9.17) is 9.90 Å². The number of benzene rings is 1. The minimum absolute atomic E-state index is 0.322. The van der Waals surface area contributed by atoms with Crippen molar-refractivity contribution in [1.29, 1.82) is 0 Å². The van der Waals surface area contributed by atoms with E-state index in [1.807, 2.05) is 12.9 Å². The molecule has 34 heavy (non-hydrogen) atoms. The summed E-state index contributed by atoms with van der Waals surface area (Å²) < 4.78 is 0. The lowest BCUT2D eigenvalue weighted by molar-refractivity contribution is -0.0979. The molecule has 0 bridgehead atoms. The van der Waals surface area contributed by atoms with Crippen LogP contribution in [0, 0.1) is 0 Å². The molecule has 0 spiro atoms. The molecule has 3 heteroatoms. The zero-order chi connectivity index (χ0) is 25.5. The van der Waals surface area contributed by atoms with Gasteiger partial charge in [-0.05, 0) is 49.9 Å². The van der Waals surface area contributed by atoms with E-state index in [1.165, 1.54) is 116 Å². The van der Waals surface area contributed by atoms with Crippen molar-refractivity contribution in [2.24, 2.45) is 0 Å². The number of hydrogen-bond donors (Lipinski definition) is 1. The molecule has 1 rings (SSSR count). The Morgan fingerprint density at radius 1 is 0.529 bits per heavy atom. The summed E-state index contributed by atoms with van der Waals surface area (Å²) in [6.45, 7) is 8.96. The van der Waals surface area contributed by atoms with Crippen LogP contribution in [0.4, 0.5) is 0 Å². The normalized spacial score (nSPS) is 10.4. The van der Waals surface area contributed by atoms with Crippen LogP contribution in [-0.2, 0) is 4.79 Å². The number of phenolic OH excluding ortho intramolecular Hbond substituents is 1. The molecule has 0 aliphatic carbocycles. The fraction of sp³-hybridized carbons (Fsp3) is 0.774. The second-order valence-corrected chi connectivity index (χ2v) is 12.2. The Morgan fingerprint density at radius 2 is 0.824 bits per heavy atom. The van der Waals surface area contributed by atoms with Crippen LogP contribution in [0.5, 0.6) is 5.75 Å². The lowest BCUT2D eigenvalue weighted by Gasteiger charge is -2.18. The molecule has 0 unspecified atom stereocenters. The summed E-state index contributed by atoms with van der Waals surface area (Å²) in [5.41, 5.74) is 0. The average Bonchev–Trinajstić information content (AvgIpc) is 2.87. The van der Waals surface area contributed by atoms with E-state index >= 15 is 0 Å². The van der Waals surface area contributed by atoms with Gasteiger partial charge in [-0.15, -0.1) is 7.92 Å². The second-order valence-electron chi connectivity index (χ2n) is 9.48. The van der Waals surface area contributed by atoms with Crippen molar-refractivity contribution in [3.63, 3.8) is 0 Å². The molecule has 1 aromatic rings. The predicted octanol–water partition coefficient (Wildman–Crippen LogP) is 10.8. The van der Waals surface area contributed by atoms with Crippen LogP contribution in [-0.4, -0.2) is 30.4 Å². The van der Waals surface area contributed by atoms with Crippen molar-refractivity contribution in [2.75, 3.05) is 18.5 Å². The fourth-order valence-corrected chi connectivity index (χ4v) is 6.79. The average molecular weight is 495 g/mol. The third kappa shape index (κ3) is 29.2. The number of rotatable bonds is 21. The maximum absolute atomic E-state index is 8.63. The monoisotopic (exact) mass is 494 g/mol. The molecule has 0 radical (unpaired) electrons. The molecule has 0 saturated carbocycles. The van der Waals surface area contributed by atoms with Gasteiger partial charge in [0.15, 0.2) is 0 Å². The van der Waals surface area contributed by atoms with Gasteiger partial charge >= 0.3 is 0 Å². The number of carbonyl (C=O) groups is 1. The summed E-state index contributed by atoms with van der Waals surface area (Å²) in [7, 11) is 0.366. The molecule has 0 heterocycles. The summed E-state index contributed by atoms with van der Waals surface area (Å²) in [4.78, 5) is 8.00. The Balaban J connectivity index is 0. The van der Waals surface area contributed by atoms with E-state index in [0.29, 0.717) is 13.7 Å². The van der Waals surface area contributed by atoms with Crippen molar-refractivity contribution in [3.05, 3.63) is 30.3 Å². The van der Waals surface area contributed by atoms with E-state index < -0.39 is 0 Å². The molecule has 0 fully saturated rings. The minimum Gasteiger partial charge on any atom is -0.508 e. The molecule has 1 N–H and O–H groups in total. The largest absolute Gasteiger partial charge is 0.508 e. The number of unbranched alkanes of at least 4 members (excludes halogenated alkanes) is 15. The van der Waals surface area contributed by atoms with Gasteiger partial charge in [-0.3, -0.25) is 0 Å². The molecular weight excluding hydrogens is 435 g/mol. The van der Waals surface area contributed by atoms with Crippen molar-refractivity contribution < 1.29 is 9.90 Å². The first-order valence-electron chi connectivity index (χ1n) is 14.5. The molecule has 0 aliphatic heterocycles. The van der Waals surface area contributed by atoms with Gasteiger partial charge in [0.25, 0.3) is 0 Å². The number of hydrogen-bond acceptors (Lipinski definition) is 2. The van der Waals surface area contributed by atoms with E-state index in [2.05, 4.69) is 20.8 Å². The molecule has 0 amide bonds. The third-order valence-corrected chi connectivity index (χ3v) is 9.09. The van der Waals surface area contributed by atoms with E-state index in [1.54, 1.807) is 42.8 Å². The molecule has 0 saturated heterocycles. The quantitative estimate of drug-likeness (QED) is 0.136.